The highest BCUT2D eigenvalue weighted by Gasteiger charge is 2.06. The maximum Gasteiger partial charge on any atom is 0.251 e. The van der Waals surface area contributed by atoms with E-state index >= 15 is 0 Å². The highest BCUT2D eigenvalue weighted by molar-refractivity contribution is 5.96. The molecule has 0 unspecified atom stereocenters. The molecule has 0 spiro atoms. The third-order valence-corrected chi connectivity index (χ3v) is 4.83. The smallest absolute Gasteiger partial charge is 0.251 e. The summed E-state index contributed by atoms with van der Waals surface area (Å²) in [6, 6.07) is 14.9. The van der Waals surface area contributed by atoms with Crippen molar-refractivity contribution in [2.45, 2.75) is 51.6 Å². The highest BCUT2D eigenvalue weighted by Crippen LogP contribution is 2.11. The monoisotopic (exact) mass is 381 g/mol. The van der Waals surface area contributed by atoms with Crippen molar-refractivity contribution in [2.75, 3.05) is 6.54 Å². The predicted octanol–water partition coefficient (Wildman–Crippen LogP) is 3.56. The lowest BCUT2D eigenvalue weighted by molar-refractivity contribution is 0.0950. The number of benzene rings is 2. The van der Waals surface area contributed by atoms with Crippen LogP contribution in [0.1, 0.15) is 70.4 Å². The van der Waals surface area contributed by atoms with Crippen LogP contribution in [0.15, 0.2) is 48.5 Å². The maximum absolute atomic E-state index is 12.1. The summed E-state index contributed by atoms with van der Waals surface area (Å²) in [7, 11) is 0. The Morgan fingerprint density at radius 2 is 1.18 bits per heavy atom. The zero-order valence-corrected chi connectivity index (χ0v) is 16.5. The summed E-state index contributed by atoms with van der Waals surface area (Å²) in [5.41, 5.74) is 14.6. The molecule has 0 aliphatic rings. The average Bonchev–Trinajstić information content (AvgIpc) is 2.75. The Kier molecular flexibility index (Phi) is 9.39. The zero-order chi connectivity index (χ0) is 20.2. The van der Waals surface area contributed by atoms with Crippen LogP contribution in [-0.4, -0.2) is 18.2 Å². The highest BCUT2D eigenvalue weighted by atomic mass is 16.1. The van der Waals surface area contributed by atoms with Crippen LogP contribution < -0.4 is 16.8 Å². The van der Waals surface area contributed by atoms with Crippen molar-refractivity contribution in [3.8, 4) is 0 Å². The zero-order valence-electron chi connectivity index (χ0n) is 16.5. The Hall–Kier alpha value is -2.50. The molecular weight excluding hydrogens is 350 g/mol. The molecule has 0 saturated heterocycles. The maximum atomic E-state index is 12.1. The van der Waals surface area contributed by atoms with Crippen molar-refractivity contribution in [2.24, 2.45) is 11.5 Å². The lowest BCUT2D eigenvalue weighted by Crippen LogP contribution is -2.24. The quantitative estimate of drug-likeness (QED) is 0.387. The van der Waals surface area contributed by atoms with Gasteiger partial charge in [0.25, 0.3) is 5.91 Å². The predicted molar refractivity (Wildman–Crippen MR) is 113 cm³/mol. The SMILES string of the molecule is NCc1ccc(C(=O)CCCCCCCNC(=O)c2ccc(CN)cc2)cc1. The summed E-state index contributed by atoms with van der Waals surface area (Å²) >= 11 is 0. The van der Waals surface area contributed by atoms with Crippen LogP contribution >= 0.6 is 0 Å². The van der Waals surface area contributed by atoms with Crippen molar-refractivity contribution >= 4 is 11.7 Å². The molecule has 0 heterocycles. The van der Waals surface area contributed by atoms with Crippen LogP contribution in [0.3, 0.4) is 0 Å². The number of hydrogen-bond acceptors (Lipinski definition) is 4. The van der Waals surface area contributed by atoms with E-state index in [4.69, 9.17) is 11.5 Å². The first-order valence-corrected chi connectivity index (χ1v) is 10.0. The Morgan fingerprint density at radius 3 is 1.75 bits per heavy atom. The Balaban J connectivity index is 1.53. The number of carbonyl (C=O) groups excluding carboxylic acids is 2. The van der Waals surface area contributed by atoms with Crippen LogP contribution in [-0.2, 0) is 13.1 Å². The largest absolute Gasteiger partial charge is 0.352 e. The molecule has 5 nitrogen and oxygen atoms in total. The van der Waals surface area contributed by atoms with Crippen molar-refractivity contribution in [3.63, 3.8) is 0 Å². The van der Waals surface area contributed by atoms with Gasteiger partial charge in [0.1, 0.15) is 0 Å². The van der Waals surface area contributed by atoms with Gasteiger partial charge >= 0.3 is 0 Å². The molecular formula is C23H31N3O2. The average molecular weight is 382 g/mol. The van der Waals surface area contributed by atoms with Gasteiger partial charge in [-0.15, -0.1) is 0 Å². The lowest BCUT2D eigenvalue weighted by Gasteiger charge is -2.06. The fraction of sp³-hybridized carbons (Fsp3) is 0.391. The molecule has 0 aromatic heterocycles. The van der Waals surface area contributed by atoms with E-state index in [1.807, 2.05) is 36.4 Å². The van der Waals surface area contributed by atoms with Gasteiger partial charge in [-0.3, -0.25) is 9.59 Å². The molecule has 0 atom stereocenters. The van der Waals surface area contributed by atoms with E-state index in [9.17, 15) is 9.59 Å². The van der Waals surface area contributed by atoms with Crippen LogP contribution in [0.4, 0.5) is 0 Å². The number of Topliss-reactive ketones (excluding diaryl/α,β-unsaturated/α-hetero) is 1. The molecule has 0 fully saturated rings. The number of rotatable bonds is 12. The third-order valence-electron chi connectivity index (χ3n) is 4.83. The van der Waals surface area contributed by atoms with Gasteiger partial charge in [-0.1, -0.05) is 55.7 Å². The lowest BCUT2D eigenvalue weighted by atomic mass is 10.0. The van der Waals surface area contributed by atoms with E-state index in [0.29, 0.717) is 31.6 Å². The molecule has 5 N–H and O–H groups in total. The summed E-state index contributed by atoms with van der Waals surface area (Å²) < 4.78 is 0. The minimum atomic E-state index is -0.0465. The summed E-state index contributed by atoms with van der Waals surface area (Å²) in [4.78, 5) is 24.2. The molecule has 28 heavy (non-hydrogen) atoms. The number of amides is 1. The molecule has 150 valence electrons. The van der Waals surface area contributed by atoms with Gasteiger partial charge in [0.05, 0.1) is 0 Å². The normalized spacial score (nSPS) is 10.6. The fourth-order valence-electron chi connectivity index (χ4n) is 3.01. The van der Waals surface area contributed by atoms with Gasteiger partial charge in [-0.25, -0.2) is 0 Å². The van der Waals surface area contributed by atoms with Crippen molar-refractivity contribution < 1.29 is 9.59 Å². The van der Waals surface area contributed by atoms with Gasteiger partial charge in [0.2, 0.25) is 0 Å². The van der Waals surface area contributed by atoms with E-state index in [-0.39, 0.29) is 11.7 Å². The van der Waals surface area contributed by atoms with Gasteiger partial charge in [-0.05, 0) is 36.1 Å². The Bertz CT molecular complexity index is 674. The number of ketones is 1. The second-order valence-electron chi connectivity index (χ2n) is 7.00. The van der Waals surface area contributed by atoms with Crippen LogP contribution in [0.2, 0.25) is 0 Å². The van der Waals surface area contributed by atoms with Gasteiger partial charge in [-0.2, -0.15) is 0 Å². The molecule has 2 aromatic rings. The van der Waals surface area contributed by atoms with E-state index in [1.165, 1.54) is 0 Å². The van der Waals surface area contributed by atoms with Gasteiger partial charge < -0.3 is 16.8 Å². The van der Waals surface area contributed by atoms with E-state index in [1.54, 1.807) is 12.1 Å². The van der Waals surface area contributed by atoms with Crippen LogP contribution in [0.5, 0.6) is 0 Å². The number of hydrogen-bond donors (Lipinski definition) is 3. The Labute approximate surface area is 167 Å². The molecule has 2 aromatic carbocycles. The van der Waals surface area contributed by atoms with Crippen molar-refractivity contribution in [1.29, 1.82) is 0 Å². The van der Waals surface area contributed by atoms with Crippen LogP contribution in [0, 0.1) is 0 Å². The first-order chi connectivity index (χ1) is 13.6. The standard InChI is InChI=1S/C23H31N3O2/c24-16-18-7-11-20(12-8-18)22(27)6-4-2-1-3-5-15-26-23(28)21-13-9-19(17-25)10-14-21/h7-14H,1-6,15-17,24-25H2,(H,26,28). The first-order valence-electron chi connectivity index (χ1n) is 10.0. The second-order valence-corrected chi connectivity index (χ2v) is 7.00. The van der Waals surface area contributed by atoms with Crippen molar-refractivity contribution in [1.82, 2.24) is 5.32 Å². The first kappa shape index (κ1) is 21.8. The number of nitrogens with two attached hydrogens (primary N) is 2. The number of nitrogens with one attached hydrogen (secondary N) is 1. The number of carbonyl (C=O) groups is 2. The molecule has 0 saturated carbocycles. The second kappa shape index (κ2) is 12.1. The molecule has 2 rings (SSSR count). The summed E-state index contributed by atoms with van der Waals surface area (Å²) in [6.07, 6.45) is 5.57. The molecule has 0 aliphatic heterocycles. The molecule has 1 amide bonds. The molecule has 0 radical (unpaired) electrons. The third kappa shape index (κ3) is 7.25. The minimum Gasteiger partial charge on any atom is -0.352 e. The molecule has 0 bridgehead atoms. The van der Waals surface area contributed by atoms with E-state index in [0.717, 1.165) is 48.8 Å². The Morgan fingerprint density at radius 1 is 0.679 bits per heavy atom. The molecule has 0 aliphatic carbocycles. The van der Waals surface area contributed by atoms with Crippen molar-refractivity contribution in [3.05, 3.63) is 70.8 Å². The minimum absolute atomic E-state index is 0.0465. The number of unbranched alkanes of at least 4 members (excludes halogenated alkanes) is 4. The topological polar surface area (TPSA) is 98.2 Å². The van der Waals surface area contributed by atoms with Crippen LogP contribution in [0.25, 0.3) is 0 Å². The fourth-order valence-corrected chi connectivity index (χ4v) is 3.01. The van der Waals surface area contributed by atoms with Gasteiger partial charge in [0, 0.05) is 37.2 Å². The summed E-state index contributed by atoms with van der Waals surface area (Å²) in [6.45, 7) is 1.65. The molecule has 5 heteroatoms. The summed E-state index contributed by atoms with van der Waals surface area (Å²) in [5, 5.41) is 2.94. The van der Waals surface area contributed by atoms with Gasteiger partial charge in [0.15, 0.2) is 5.78 Å². The van der Waals surface area contributed by atoms with E-state index < -0.39 is 0 Å². The summed E-state index contributed by atoms with van der Waals surface area (Å²) in [5.74, 6) is 0.145. The van der Waals surface area contributed by atoms with E-state index in [2.05, 4.69) is 5.32 Å².